The van der Waals surface area contributed by atoms with Crippen molar-refractivity contribution in [3.05, 3.63) is 53.1 Å². The van der Waals surface area contributed by atoms with Gasteiger partial charge in [0.2, 0.25) is 18.6 Å². The minimum Gasteiger partial charge on any atom is -0.454 e. The fourth-order valence-electron chi connectivity index (χ4n) is 3.37. The average Bonchev–Trinajstić information content (AvgIpc) is 3.15. The van der Waals surface area contributed by atoms with E-state index in [1.807, 2.05) is 43.3 Å². The maximum absolute atomic E-state index is 12.3. The Bertz CT molecular complexity index is 879. The van der Waals surface area contributed by atoms with E-state index in [0.29, 0.717) is 18.8 Å². The van der Waals surface area contributed by atoms with E-state index in [4.69, 9.17) is 9.47 Å². The van der Waals surface area contributed by atoms with Crippen molar-refractivity contribution in [1.29, 1.82) is 0 Å². The molecule has 0 unspecified atom stereocenters. The summed E-state index contributed by atoms with van der Waals surface area (Å²) in [6.45, 7) is 6.57. The molecule has 148 valence electrons. The van der Waals surface area contributed by atoms with Gasteiger partial charge < -0.3 is 19.7 Å². The lowest BCUT2D eigenvalue weighted by Gasteiger charge is -2.25. The number of carbonyl (C=O) groups is 2. The highest BCUT2D eigenvalue weighted by molar-refractivity contribution is 5.94. The van der Waals surface area contributed by atoms with Gasteiger partial charge in [-0.1, -0.05) is 31.2 Å². The van der Waals surface area contributed by atoms with Crippen LogP contribution in [0.3, 0.4) is 0 Å². The molecule has 1 heterocycles. The third-order valence-electron chi connectivity index (χ3n) is 4.84. The molecule has 0 spiro atoms. The first-order valence-electron chi connectivity index (χ1n) is 9.51. The van der Waals surface area contributed by atoms with Gasteiger partial charge in [0, 0.05) is 32.1 Å². The number of nitrogens with one attached hydrogen (secondary N) is 1. The summed E-state index contributed by atoms with van der Waals surface area (Å²) >= 11 is 0. The molecule has 6 nitrogen and oxygen atoms in total. The van der Waals surface area contributed by atoms with E-state index in [-0.39, 0.29) is 25.0 Å². The number of aryl methyl sites for hydroxylation is 2. The van der Waals surface area contributed by atoms with E-state index in [0.717, 1.165) is 34.5 Å². The second-order valence-electron chi connectivity index (χ2n) is 6.82. The first kappa shape index (κ1) is 19.7. The van der Waals surface area contributed by atoms with Gasteiger partial charge in [-0.3, -0.25) is 9.59 Å². The Hall–Kier alpha value is -3.02. The number of rotatable bonds is 7. The highest BCUT2D eigenvalue weighted by atomic mass is 16.7. The van der Waals surface area contributed by atoms with E-state index < -0.39 is 0 Å². The predicted octanol–water partition coefficient (Wildman–Crippen LogP) is 3.35. The van der Waals surface area contributed by atoms with Gasteiger partial charge in [-0.25, -0.2) is 0 Å². The SMILES string of the molecule is CCc1cccc(C)c1N(CCC(=O)NCc1ccc2c(c1)OCO2)C(C)=O. The van der Waals surface area contributed by atoms with Crippen molar-refractivity contribution >= 4 is 17.5 Å². The monoisotopic (exact) mass is 382 g/mol. The fraction of sp³-hybridized carbons (Fsp3) is 0.364. The summed E-state index contributed by atoms with van der Waals surface area (Å²) in [6, 6.07) is 11.6. The van der Waals surface area contributed by atoms with Crippen LogP contribution in [0.25, 0.3) is 0 Å². The van der Waals surface area contributed by atoms with Gasteiger partial charge in [0.15, 0.2) is 11.5 Å². The van der Waals surface area contributed by atoms with Crippen LogP contribution in [-0.2, 0) is 22.6 Å². The Kier molecular flexibility index (Phi) is 6.19. The summed E-state index contributed by atoms with van der Waals surface area (Å²) in [5.41, 5.74) is 4.00. The second-order valence-corrected chi connectivity index (χ2v) is 6.82. The van der Waals surface area contributed by atoms with Crippen LogP contribution in [0.15, 0.2) is 36.4 Å². The van der Waals surface area contributed by atoms with E-state index in [9.17, 15) is 9.59 Å². The molecular weight excluding hydrogens is 356 g/mol. The molecule has 1 aliphatic rings. The molecule has 2 amide bonds. The maximum Gasteiger partial charge on any atom is 0.231 e. The van der Waals surface area contributed by atoms with Crippen molar-refractivity contribution in [2.75, 3.05) is 18.2 Å². The highest BCUT2D eigenvalue weighted by Gasteiger charge is 2.18. The number of benzene rings is 2. The average molecular weight is 382 g/mol. The van der Waals surface area contributed by atoms with E-state index in [1.165, 1.54) is 6.92 Å². The number of hydrogen-bond donors (Lipinski definition) is 1. The Morgan fingerprint density at radius 3 is 2.68 bits per heavy atom. The lowest BCUT2D eigenvalue weighted by atomic mass is 10.0. The van der Waals surface area contributed by atoms with Crippen molar-refractivity contribution in [2.24, 2.45) is 0 Å². The standard InChI is InChI=1S/C22H26N2O4/c1-4-18-7-5-6-15(2)22(18)24(16(3)25)11-10-21(26)23-13-17-8-9-19-20(12-17)28-14-27-19/h5-9,12H,4,10-11,13-14H2,1-3H3,(H,23,26). The molecule has 0 bridgehead atoms. The third-order valence-corrected chi connectivity index (χ3v) is 4.84. The molecule has 0 saturated heterocycles. The zero-order valence-corrected chi connectivity index (χ0v) is 16.6. The number of nitrogens with zero attached hydrogens (tertiary/aromatic N) is 1. The fourth-order valence-corrected chi connectivity index (χ4v) is 3.37. The molecule has 6 heteroatoms. The molecule has 0 aromatic heterocycles. The summed E-state index contributed by atoms with van der Waals surface area (Å²) in [5, 5.41) is 2.91. The van der Waals surface area contributed by atoms with E-state index in [1.54, 1.807) is 4.90 Å². The quantitative estimate of drug-likeness (QED) is 0.797. The molecule has 1 N–H and O–H groups in total. The molecule has 0 fully saturated rings. The number of fused-ring (bicyclic) bond motifs is 1. The first-order chi connectivity index (χ1) is 13.5. The van der Waals surface area contributed by atoms with Gasteiger partial charge in [-0.15, -0.1) is 0 Å². The topological polar surface area (TPSA) is 67.9 Å². The molecule has 0 radical (unpaired) electrons. The predicted molar refractivity (Wildman–Crippen MR) is 108 cm³/mol. The highest BCUT2D eigenvalue weighted by Crippen LogP contribution is 2.32. The Balaban J connectivity index is 1.60. The largest absolute Gasteiger partial charge is 0.454 e. The Labute approximate surface area is 165 Å². The zero-order valence-electron chi connectivity index (χ0n) is 16.6. The van der Waals surface area contributed by atoms with Gasteiger partial charge in [0.05, 0.1) is 0 Å². The van der Waals surface area contributed by atoms with Crippen LogP contribution in [0.2, 0.25) is 0 Å². The van der Waals surface area contributed by atoms with Gasteiger partial charge in [0.1, 0.15) is 0 Å². The number of amides is 2. The van der Waals surface area contributed by atoms with Gasteiger partial charge in [-0.05, 0) is 42.2 Å². The lowest BCUT2D eigenvalue weighted by Crippen LogP contribution is -2.34. The number of carbonyl (C=O) groups excluding carboxylic acids is 2. The van der Waals surface area contributed by atoms with Crippen molar-refractivity contribution in [1.82, 2.24) is 5.32 Å². The van der Waals surface area contributed by atoms with Crippen LogP contribution >= 0.6 is 0 Å². The molecular formula is C22H26N2O4. The summed E-state index contributed by atoms with van der Waals surface area (Å²) in [6.07, 6.45) is 1.07. The number of hydrogen-bond acceptors (Lipinski definition) is 4. The molecule has 0 saturated carbocycles. The van der Waals surface area contributed by atoms with E-state index >= 15 is 0 Å². The summed E-state index contributed by atoms with van der Waals surface area (Å²) in [5.74, 6) is 1.25. The van der Waals surface area contributed by atoms with Crippen LogP contribution in [0.5, 0.6) is 11.5 Å². The van der Waals surface area contributed by atoms with Crippen LogP contribution in [-0.4, -0.2) is 25.2 Å². The Morgan fingerprint density at radius 2 is 1.93 bits per heavy atom. The smallest absolute Gasteiger partial charge is 0.231 e. The molecule has 2 aromatic carbocycles. The van der Waals surface area contributed by atoms with Crippen molar-refractivity contribution in [3.8, 4) is 11.5 Å². The van der Waals surface area contributed by atoms with Crippen molar-refractivity contribution in [3.63, 3.8) is 0 Å². The minimum atomic E-state index is -0.101. The number of ether oxygens (including phenoxy) is 2. The van der Waals surface area contributed by atoms with Crippen LogP contribution in [0.1, 0.15) is 37.0 Å². The van der Waals surface area contributed by atoms with Crippen molar-refractivity contribution in [2.45, 2.75) is 40.2 Å². The molecule has 3 rings (SSSR count). The summed E-state index contributed by atoms with van der Waals surface area (Å²) in [7, 11) is 0. The normalized spacial score (nSPS) is 12.0. The zero-order chi connectivity index (χ0) is 20.1. The summed E-state index contributed by atoms with van der Waals surface area (Å²) < 4.78 is 10.6. The molecule has 28 heavy (non-hydrogen) atoms. The molecule has 0 aliphatic carbocycles. The third kappa shape index (κ3) is 4.44. The number of para-hydroxylation sites is 1. The van der Waals surface area contributed by atoms with Crippen LogP contribution in [0.4, 0.5) is 5.69 Å². The Morgan fingerprint density at radius 1 is 1.14 bits per heavy atom. The molecule has 2 aromatic rings. The van der Waals surface area contributed by atoms with Gasteiger partial charge >= 0.3 is 0 Å². The van der Waals surface area contributed by atoms with Gasteiger partial charge in [-0.2, -0.15) is 0 Å². The maximum atomic E-state index is 12.3. The number of anilines is 1. The lowest BCUT2D eigenvalue weighted by molar-refractivity contribution is -0.121. The molecule has 0 atom stereocenters. The van der Waals surface area contributed by atoms with Gasteiger partial charge in [0.25, 0.3) is 0 Å². The van der Waals surface area contributed by atoms with E-state index in [2.05, 4.69) is 12.2 Å². The molecule has 1 aliphatic heterocycles. The minimum absolute atomic E-state index is 0.0624. The second kappa shape index (κ2) is 8.78. The summed E-state index contributed by atoms with van der Waals surface area (Å²) in [4.78, 5) is 26.3. The van der Waals surface area contributed by atoms with Crippen LogP contribution < -0.4 is 19.7 Å². The van der Waals surface area contributed by atoms with Crippen molar-refractivity contribution < 1.29 is 19.1 Å². The van der Waals surface area contributed by atoms with Crippen LogP contribution in [0, 0.1) is 6.92 Å². The first-order valence-corrected chi connectivity index (χ1v) is 9.51.